The van der Waals surface area contributed by atoms with Crippen molar-refractivity contribution in [2.75, 3.05) is 5.32 Å². The molecule has 0 aliphatic rings. The van der Waals surface area contributed by atoms with Crippen LogP contribution in [-0.4, -0.2) is 25.9 Å². The van der Waals surface area contributed by atoms with Crippen molar-refractivity contribution >= 4 is 28.4 Å². The zero-order valence-corrected chi connectivity index (χ0v) is 13.5. The second kappa shape index (κ2) is 6.94. The summed E-state index contributed by atoms with van der Waals surface area (Å²) in [6.45, 7) is 0. The Kier molecular flexibility index (Phi) is 4.17. The van der Waals surface area contributed by atoms with Gasteiger partial charge in [-0.15, -0.1) is 0 Å². The standard InChI is InChI=1S/C19H13N5O2/c25-19(17-11-20-8-9-21-17)26-14-6-7-16-15(10-14)18(23-12-22-16)24-13-4-2-1-3-5-13/h1-12H,(H,22,23,24). The van der Waals surface area contributed by atoms with Crippen LogP contribution in [0.4, 0.5) is 11.5 Å². The fourth-order valence-electron chi connectivity index (χ4n) is 2.42. The van der Waals surface area contributed by atoms with Gasteiger partial charge in [-0.3, -0.25) is 4.98 Å². The van der Waals surface area contributed by atoms with E-state index in [0.717, 1.165) is 16.6 Å². The molecule has 7 nitrogen and oxygen atoms in total. The average molecular weight is 343 g/mol. The van der Waals surface area contributed by atoms with Crippen LogP contribution in [0, 0.1) is 0 Å². The Balaban J connectivity index is 1.65. The first kappa shape index (κ1) is 15.6. The van der Waals surface area contributed by atoms with Crippen molar-refractivity contribution in [1.82, 2.24) is 19.9 Å². The molecule has 2 aromatic heterocycles. The molecule has 0 aliphatic carbocycles. The number of carbonyl (C=O) groups excluding carboxylic acids is 1. The monoisotopic (exact) mass is 343 g/mol. The van der Waals surface area contributed by atoms with Gasteiger partial charge in [0, 0.05) is 23.5 Å². The van der Waals surface area contributed by atoms with Crippen LogP contribution in [0.5, 0.6) is 5.75 Å². The lowest BCUT2D eigenvalue weighted by molar-refractivity contribution is 0.0728. The summed E-state index contributed by atoms with van der Waals surface area (Å²) in [5, 5.41) is 3.98. The van der Waals surface area contributed by atoms with Crippen molar-refractivity contribution in [3.63, 3.8) is 0 Å². The highest BCUT2D eigenvalue weighted by Crippen LogP contribution is 2.27. The fourth-order valence-corrected chi connectivity index (χ4v) is 2.42. The number of fused-ring (bicyclic) bond motifs is 1. The van der Waals surface area contributed by atoms with Gasteiger partial charge >= 0.3 is 5.97 Å². The number of anilines is 2. The molecule has 0 saturated carbocycles. The number of nitrogens with zero attached hydrogens (tertiary/aromatic N) is 4. The predicted molar refractivity (Wildman–Crippen MR) is 96.3 cm³/mol. The number of esters is 1. The molecule has 7 heteroatoms. The Morgan fingerprint density at radius 1 is 0.962 bits per heavy atom. The molecular formula is C19H13N5O2. The van der Waals surface area contributed by atoms with E-state index in [9.17, 15) is 4.79 Å². The van der Waals surface area contributed by atoms with Crippen LogP contribution < -0.4 is 10.1 Å². The maximum absolute atomic E-state index is 12.2. The predicted octanol–water partition coefficient (Wildman–Crippen LogP) is 3.38. The Morgan fingerprint density at radius 2 is 1.85 bits per heavy atom. The quantitative estimate of drug-likeness (QED) is 0.449. The highest BCUT2D eigenvalue weighted by atomic mass is 16.5. The number of ether oxygens (including phenoxy) is 1. The lowest BCUT2D eigenvalue weighted by atomic mass is 10.2. The molecule has 0 amide bonds. The zero-order chi connectivity index (χ0) is 17.8. The van der Waals surface area contributed by atoms with Crippen molar-refractivity contribution in [2.45, 2.75) is 0 Å². The molecule has 126 valence electrons. The summed E-state index contributed by atoms with van der Waals surface area (Å²) in [5.74, 6) is 0.421. The molecule has 4 rings (SSSR count). The summed E-state index contributed by atoms with van der Waals surface area (Å²) < 4.78 is 5.39. The molecule has 0 fully saturated rings. The Bertz CT molecular complexity index is 1060. The van der Waals surface area contributed by atoms with Crippen LogP contribution in [0.3, 0.4) is 0 Å². The van der Waals surface area contributed by atoms with Crippen LogP contribution in [-0.2, 0) is 0 Å². The number of hydrogen-bond acceptors (Lipinski definition) is 7. The van der Waals surface area contributed by atoms with Gasteiger partial charge in [0.2, 0.25) is 0 Å². The third-order valence-electron chi connectivity index (χ3n) is 3.63. The summed E-state index contributed by atoms with van der Waals surface area (Å²) in [7, 11) is 0. The molecule has 0 radical (unpaired) electrons. The fraction of sp³-hybridized carbons (Fsp3) is 0. The number of para-hydroxylation sites is 1. The zero-order valence-electron chi connectivity index (χ0n) is 13.5. The Hall–Kier alpha value is -3.87. The molecule has 0 unspecified atom stereocenters. The SMILES string of the molecule is O=C(Oc1ccc2ncnc(Nc3ccccc3)c2c1)c1cnccn1. The van der Waals surface area contributed by atoms with E-state index in [1.54, 1.807) is 18.2 Å². The van der Waals surface area contributed by atoms with Gasteiger partial charge in [-0.05, 0) is 30.3 Å². The number of hydrogen-bond donors (Lipinski definition) is 1. The first-order valence-electron chi connectivity index (χ1n) is 7.84. The van der Waals surface area contributed by atoms with Gasteiger partial charge in [-0.2, -0.15) is 0 Å². The van der Waals surface area contributed by atoms with Crippen LogP contribution in [0.25, 0.3) is 10.9 Å². The van der Waals surface area contributed by atoms with Crippen LogP contribution in [0.15, 0.2) is 73.4 Å². The minimum Gasteiger partial charge on any atom is -0.422 e. The average Bonchev–Trinajstić information content (AvgIpc) is 2.70. The highest BCUT2D eigenvalue weighted by molar-refractivity contribution is 5.93. The summed E-state index contributed by atoms with van der Waals surface area (Å²) in [6.07, 6.45) is 5.77. The molecule has 0 spiro atoms. The third-order valence-corrected chi connectivity index (χ3v) is 3.63. The van der Waals surface area contributed by atoms with E-state index in [4.69, 9.17) is 4.74 Å². The van der Waals surface area contributed by atoms with E-state index in [1.165, 1.54) is 24.9 Å². The number of benzene rings is 2. The number of aromatic nitrogens is 4. The summed E-state index contributed by atoms with van der Waals surface area (Å²) in [5.41, 5.74) is 1.77. The van der Waals surface area contributed by atoms with E-state index in [2.05, 4.69) is 25.3 Å². The molecule has 26 heavy (non-hydrogen) atoms. The Labute approximate surface area is 148 Å². The van der Waals surface area contributed by atoms with Gasteiger partial charge in [-0.1, -0.05) is 18.2 Å². The van der Waals surface area contributed by atoms with Gasteiger partial charge < -0.3 is 10.1 Å². The van der Waals surface area contributed by atoms with Crippen molar-refractivity contribution < 1.29 is 9.53 Å². The van der Waals surface area contributed by atoms with E-state index in [-0.39, 0.29) is 5.69 Å². The maximum Gasteiger partial charge on any atom is 0.363 e. The normalized spacial score (nSPS) is 10.5. The molecule has 2 heterocycles. The van der Waals surface area contributed by atoms with Gasteiger partial charge in [0.15, 0.2) is 5.69 Å². The van der Waals surface area contributed by atoms with E-state index < -0.39 is 5.97 Å². The van der Waals surface area contributed by atoms with Gasteiger partial charge in [0.05, 0.1) is 11.7 Å². The molecule has 0 aliphatic heterocycles. The van der Waals surface area contributed by atoms with Gasteiger partial charge in [0.25, 0.3) is 0 Å². The van der Waals surface area contributed by atoms with E-state index >= 15 is 0 Å². The summed E-state index contributed by atoms with van der Waals surface area (Å²) in [6, 6.07) is 14.8. The maximum atomic E-state index is 12.2. The number of rotatable bonds is 4. The van der Waals surface area contributed by atoms with Crippen LogP contribution in [0.1, 0.15) is 10.5 Å². The molecule has 2 aromatic carbocycles. The second-order valence-electron chi connectivity index (χ2n) is 5.37. The first-order valence-corrected chi connectivity index (χ1v) is 7.84. The van der Waals surface area contributed by atoms with Gasteiger partial charge in [0.1, 0.15) is 17.9 Å². The molecule has 4 aromatic rings. The molecule has 0 atom stereocenters. The van der Waals surface area contributed by atoms with Crippen molar-refractivity contribution in [3.05, 3.63) is 79.1 Å². The topological polar surface area (TPSA) is 89.9 Å². The number of nitrogens with one attached hydrogen (secondary N) is 1. The van der Waals surface area contributed by atoms with Crippen LogP contribution in [0.2, 0.25) is 0 Å². The third kappa shape index (κ3) is 3.32. The molecule has 0 saturated heterocycles. The summed E-state index contributed by atoms with van der Waals surface area (Å²) >= 11 is 0. The summed E-state index contributed by atoms with van der Waals surface area (Å²) in [4.78, 5) is 28.5. The minimum absolute atomic E-state index is 0.138. The van der Waals surface area contributed by atoms with E-state index in [0.29, 0.717) is 11.6 Å². The van der Waals surface area contributed by atoms with Crippen molar-refractivity contribution in [3.8, 4) is 5.75 Å². The lowest BCUT2D eigenvalue weighted by Gasteiger charge is -2.09. The molecule has 1 N–H and O–H groups in total. The minimum atomic E-state index is -0.577. The lowest BCUT2D eigenvalue weighted by Crippen LogP contribution is -2.10. The molecule has 0 bridgehead atoms. The van der Waals surface area contributed by atoms with Crippen molar-refractivity contribution in [1.29, 1.82) is 0 Å². The van der Waals surface area contributed by atoms with E-state index in [1.807, 2.05) is 30.3 Å². The second-order valence-corrected chi connectivity index (χ2v) is 5.37. The number of carbonyl (C=O) groups is 1. The largest absolute Gasteiger partial charge is 0.422 e. The Morgan fingerprint density at radius 3 is 2.65 bits per heavy atom. The van der Waals surface area contributed by atoms with Crippen LogP contribution >= 0.6 is 0 Å². The molecular weight excluding hydrogens is 330 g/mol. The van der Waals surface area contributed by atoms with Crippen molar-refractivity contribution in [2.24, 2.45) is 0 Å². The smallest absolute Gasteiger partial charge is 0.363 e. The van der Waals surface area contributed by atoms with Gasteiger partial charge in [-0.25, -0.2) is 19.7 Å². The first-order chi connectivity index (χ1) is 12.8. The highest BCUT2D eigenvalue weighted by Gasteiger charge is 2.12.